The van der Waals surface area contributed by atoms with E-state index in [1.807, 2.05) is 26.1 Å². The van der Waals surface area contributed by atoms with E-state index in [2.05, 4.69) is 22.9 Å². The number of nitrogens with two attached hydrogens (primary N) is 1. The van der Waals surface area contributed by atoms with Crippen molar-refractivity contribution in [2.45, 2.75) is 26.9 Å². The van der Waals surface area contributed by atoms with Gasteiger partial charge in [0.2, 0.25) is 0 Å². The van der Waals surface area contributed by atoms with Crippen LogP contribution in [0.1, 0.15) is 21.7 Å². The molecule has 0 aliphatic carbocycles. The molecular formula is C14H18ClN3S. The van der Waals surface area contributed by atoms with E-state index in [1.54, 1.807) is 11.3 Å². The van der Waals surface area contributed by atoms with E-state index >= 15 is 0 Å². The molecule has 2 N–H and O–H groups in total. The van der Waals surface area contributed by atoms with Crippen molar-refractivity contribution < 1.29 is 0 Å². The average Bonchev–Trinajstić information content (AvgIpc) is 2.73. The van der Waals surface area contributed by atoms with E-state index < -0.39 is 0 Å². The van der Waals surface area contributed by atoms with Crippen LogP contribution in [0.5, 0.6) is 0 Å². The average molecular weight is 296 g/mol. The van der Waals surface area contributed by atoms with Crippen LogP contribution >= 0.6 is 22.9 Å². The molecular weight excluding hydrogens is 278 g/mol. The lowest BCUT2D eigenvalue weighted by atomic mass is 10.1. The molecule has 0 saturated carbocycles. The van der Waals surface area contributed by atoms with Crippen molar-refractivity contribution >= 4 is 28.8 Å². The van der Waals surface area contributed by atoms with Gasteiger partial charge in [-0.3, -0.25) is 0 Å². The molecule has 19 heavy (non-hydrogen) atoms. The van der Waals surface area contributed by atoms with Crippen molar-refractivity contribution in [2.75, 3.05) is 11.9 Å². The molecule has 0 aliphatic rings. The molecule has 0 saturated heterocycles. The second-order valence-electron chi connectivity index (χ2n) is 4.65. The highest BCUT2D eigenvalue weighted by molar-refractivity contribution is 7.16. The molecule has 102 valence electrons. The van der Waals surface area contributed by atoms with Crippen LogP contribution < -0.4 is 10.6 Å². The lowest BCUT2D eigenvalue weighted by Crippen LogP contribution is -2.21. The number of aromatic nitrogens is 1. The summed E-state index contributed by atoms with van der Waals surface area (Å²) in [4.78, 5) is 7.97. The predicted octanol–water partition coefficient (Wildman–Crippen LogP) is 3.51. The molecule has 0 aliphatic heterocycles. The molecule has 2 rings (SSSR count). The van der Waals surface area contributed by atoms with Crippen molar-refractivity contribution in [3.8, 4) is 0 Å². The van der Waals surface area contributed by atoms with Gasteiger partial charge in [-0.15, -0.1) is 11.3 Å². The summed E-state index contributed by atoms with van der Waals surface area (Å²) >= 11 is 7.56. The van der Waals surface area contributed by atoms with Crippen LogP contribution in [0.2, 0.25) is 4.34 Å². The molecule has 0 spiro atoms. The van der Waals surface area contributed by atoms with E-state index in [-0.39, 0.29) is 0 Å². The SMILES string of the molecule is Cc1cc(C)c(CN)c(N(C)Cc2ccc(Cl)s2)n1. The first-order valence-electron chi connectivity index (χ1n) is 6.13. The number of thiophene rings is 1. The summed E-state index contributed by atoms with van der Waals surface area (Å²) in [7, 11) is 2.04. The zero-order chi connectivity index (χ0) is 14.0. The Balaban J connectivity index is 2.30. The number of rotatable bonds is 4. The maximum atomic E-state index is 5.96. The third-order valence-electron chi connectivity index (χ3n) is 3.04. The molecule has 2 heterocycles. The number of nitrogens with zero attached hydrogens (tertiary/aromatic N) is 2. The van der Waals surface area contributed by atoms with Gasteiger partial charge in [0, 0.05) is 29.7 Å². The zero-order valence-electron chi connectivity index (χ0n) is 11.4. The Bertz CT molecular complexity index is 580. The van der Waals surface area contributed by atoms with Crippen LogP contribution in [-0.4, -0.2) is 12.0 Å². The summed E-state index contributed by atoms with van der Waals surface area (Å²) in [6, 6.07) is 6.05. The quantitative estimate of drug-likeness (QED) is 0.938. The van der Waals surface area contributed by atoms with Gasteiger partial charge in [-0.1, -0.05) is 11.6 Å². The molecule has 5 heteroatoms. The third-order valence-corrected chi connectivity index (χ3v) is 4.26. The van der Waals surface area contributed by atoms with Crippen molar-refractivity contribution in [2.24, 2.45) is 5.73 Å². The van der Waals surface area contributed by atoms with Gasteiger partial charge in [0.25, 0.3) is 0 Å². The van der Waals surface area contributed by atoms with E-state index in [0.717, 1.165) is 28.0 Å². The van der Waals surface area contributed by atoms with Gasteiger partial charge in [0.15, 0.2) is 0 Å². The third kappa shape index (κ3) is 3.26. The molecule has 0 atom stereocenters. The number of hydrogen-bond donors (Lipinski definition) is 1. The van der Waals surface area contributed by atoms with E-state index in [9.17, 15) is 0 Å². The van der Waals surface area contributed by atoms with E-state index in [1.165, 1.54) is 10.4 Å². The van der Waals surface area contributed by atoms with Gasteiger partial charge in [0.05, 0.1) is 10.9 Å². The largest absolute Gasteiger partial charge is 0.354 e. The Morgan fingerprint density at radius 2 is 2.11 bits per heavy atom. The summed E-state index contributed by atoms with van der Waals surface area (Å²) in [6.07, 6.45) is 0. The van der Waals surface area contributed by atoms with Crippen LogP contribution in [-0.2, 0) is 13.1 Å². The highest BCUT2D eigenvalue weighted by Crippen LogP contribution is 2.26. The van der Waals surface area contributed by atoms with Crippen LogP contribution in [0.4, 0.5) is 5.82 Å². The highest BCUT2D eigenvalue weighted by Gasteiger charge is 2.13. The van der Waals surface area contributed by atoms with Crippen LogP contribution in [0.3, 0.4) is 0 Å². The van der Waals surface area contributed by atoms with Crippen molar-refractivity contribution in [3.63, 3.8) is 0 Å². The summed E-state index contributed by atoms with van der Waals surface area (Å²) in [5.74, 6) is 0.963. The summed E-state index contributed by atoms with van der Waals surface area (Å²) in [6.45, 7) is 5.38. The smallest absolute Gasteiger partial charge is 0.133 e. The first-order chi connectivity index (χ1) is 9.01. The number of aryl methyl sites for hydroxylation is 2. The molecule has 2 aromatic heterocycles. The molecule has 0 aromatic carbocycles. The lowest BCUT2D eigenvalue weighted by Gasteiger charge is -2.22. The Morgan fingerprint density at radius 3 is 2.68 bits per heavy atom. The second kappa shape index (κ2) is 5.90. The standard InChI is InChI=1S/C14H18ClN3S/c1-9-6-10(2)17-14(12(9)7-16)18(3)8-11-4-5-13(15)19-11/h4-6H,7-8,16H2,1-3H3. The minimum atomic E-state index is 0.504. The number of anilines is 1. The van der Waals surface area contributed by atoms with Gasteiger partial charge in [-0.25, -0.2) is 4.98 Å². The molecule has 2 aromatic rings. The number of pyridine rings is 1. The first kappa shape index (κ1) is 14.3. The molecule has 0 amide bonds. The van der Waals surface area contributed by atoms with Crippen LogP contribution in [0, 0.1) is 13.8 Å². The fraction of sp³-hybridized carbons (Fsp3) is 0.357. The van der Waals surface area contributed by atoms with Crippen molar-refractivity contribution in [3.05, 3.63) is 44.2 Å². The fourth-order valence-corrected chi connectivity index (χ4v) is 3.30. The Morgan fingerprint density at radius 1 is 1.37 bits per heavy atom. The topological polar surface area (TPSA) is 42.1 Å². The van der Waals surface area contributed by atoms with Crippen LogP contribution in [0.25, 0.3) is 0 Å². The first-order valence-corrected chi connectivity index (χ1v) is 7.33. The van der Waals surface area contributed by atoms with Crippen molar-refractivity contribution in [1.82, 2.24) is 4.98 Å². The van der Waals surface area contributed by atoms with Crippen molar-refractivity contribution in [1.29, 1.82) is 0 Å². The van der Waals surface area contributed by atoms with Gasteiger partial charge in [0.1, 0.15) is 5.82 Å². The molecule has 0 radical (unpaired) electrons. The summed E-state index contributed by atoms with van der Waals surface area (Å²) in [5, 5.41) is 0. The molecule has 3 nitrogen and oxygen atoms in total. The Labute approximate surface area is 123 Å². The molecule has 0 bridgehead atoms. The van der Waals surface area contributed by atoms with Gasteiger partial charge in [-0.2, -0.15) is 0 Å². The van der Waals surface area contributed by atoms with Gasteiger partial charge < -0.3 is 10.6 Å². The van der Waals surface area contributed by atoms with E-state index in [0.29, 0.717) is 6.54 Å². The molecule has 0 fully saturated rings. The zero-order valence-corrected chi connectivity index (χ0v) is 13.0. The van der Waals surface area contributed by atoms with Crippen LogP contribution in [0.15, 0.2) is 18.2 Å². The number of hydrogen-bond acceptors (Lipinski definition) is 4. The maximum absolute atomic E-state index is 5.96. The molecule has 0 unspecified atom stereocenters. The van der Waals surface area contributed by atoms with Gasteiger partial charge in [-0.05, 0) is 37.6 Å². The predicted molar refractivity (Wildman–Crippen MR) is 83.0 cm³/mol. The van der Waals surface area contributed by atoms with E-state index in [4.69, 9.17) is 17.3 Å². The summed E-state index contributed by atoms with van der Waals surface area (Å²) in [5.41, 5.74) is 9.17. The normalized spacial score (nSPS) is 10.8. The summed E-state index contributed by atoms with van der Waals surface area (Å²) < 4.78 is 0.816. The number of halogens is 1. The fourth-order valence-electron chi connectivity index (χ4n) is 2.16. The Hall–Kier alpha value is -1.10. The lowest BCUT2D eigenvalue weighted by molar-refractivity contribution is 0.875. The second-order valence-corrected chi connectivity index (χ2v) is 6.45. The van der Waals surface area contributed by atoms with Gasteiger partial charge >= 0.3 is 0 Å². The Kier molecular flexibility index (Phi) is 4.45. The monoisotopic (exact) mass is 295 g/mol. The highest BCUT2D eigenvalue weighted by atomic mass is 35.5. The minimum absolute atomic E-state index is 0.504. The minimum Gasteiger partial charge on any atom is -0.354 e. The maximum Gasteiger partial charge on any atom is 0.133 e.